The lowest BCUT2D eigenvalue weighted by Gasteiger charge is -2.23. The van der Waals surface area contributed by atoms with E-state index >= 15 is 0 Å². The maximum atomic E-state index is 11.4. The molecule has 2 rings (SSSR count). The maximum absolute atomic E-state index is 11.4. The number of carbonyl (C=O) groups excluding carboxylic acids is 1. The zero-order chi connectivity index (χ0) is 15.2. The molecule has 108 valence electrons. The second-order valence-corrected chi connectivity index (χ2v) is 6.38. The van der Waals surface area contributed by atoms with Crippen molar-refractivity contribution in [3.8, 4) is 5.75 Å². The van der Waals surface area contributed by atoms with Crippen LogP contribution in [0.25, 0.3) is 11.0 Å². The maximum Gasteiger partial charge on any atom is 0.308 e. The average Bonchev–Trinajstić information content (AvgIpc) is 2.57. The number of carbonyl (C=O) groups is 1. The highest BCUT2D eigenvalue weighted by Gasteiger charge is 2.25. The lowest BCUT2D eigenvalue weighted by atomic mass is 9.84. The van der Waals surface area contributed by atoms with Crippen LogP contribution in [-0.4, -0.2) is 5.97 Å². The van der Waals surface area contributed by atoms with Crippen molar-refractivity contribution in [1.82, 2.24) is 0 Å². The summed E-state index contributed by atoms with van der Waals surface area (Å²) in [5, 5.41) is 1.05. The van der Waals surface area contributed by atoms with E-state index in [-0.39, 0.29) is 11.4 Å². The number of esters is 1. The molecule has 0 aliphatic heterocycles. The number of benzene rings is 1. The Balaban J connectivity index is 2.87. The molecule has 0 atom stereocenters. The molecule has 0 amide bonds. The van der Waals surface area contributed by atoms with E-state index in [1.807, 2.05) is 26.8 Å². The number of aryl methyl sites for hydroxylation is 3. The molecule has 1 heterocycles. The molecular weight excluding hydrogens is 252 g/mol. The van der Waals surface area contributed by atoms with Crippen LogP contribution in [0, 0.1) is 20.8 Å². The molecule has 0 aliphatic rings. The van der Waals surface area contributed by atoms with Crippen LogP contribution in [0.2, 0.25) is 0 Å². The van der Waals surface area contributed by atoms with E-state index in [1.165, 1.54) is 6.92 Å². The summed E-state index contributed by atoms with van der Waals surface area (Å²) in [5.74, 6) is 1.28. The molecule has 20 heavy (non-hydrogen) atoms. The van der Waals surface area contributed by atoms with Crippen LogP contribution in [0.1, 0.15) is 50.1 Å². The van der Waals surface area contributed by atoms with E-state index in [0.29, 0.717) is 5.75 Å². The SMILES string of the molecule is CC(=O)Oc1c(C(C)(C)C)cc2oc(C)c(C)c2c1C. The van der Waals surface area contributed by atoms with Crippen molar-refractivity contribution in [2.24, 2.45) is 0 Å². The number of furan rings is 1. The average molecular weight is 274 g/mol. The molecule has 0 unspecified atom stereocenters. The molecule has 0 aliphatic carbocycles. The summed E-state index contributed by atoms with van der Waals surface area (Å²) in [7, 11) is 0. The Hall–Kier alpha value is -1.77. The third-order valence-corrected chi connectivity index (χ3v) is 3.70. The first kappa shape index (κ1) is 14.6. The van der Waals surface area contributed by atoms with Gasteiger partial charge < -0.3 is 9.15 Å². The van der Waals surface area contributed by atoms with Gasteiger partial charge in [-0.3, -0.25) is 4.79 Å². The number of rotatable bonds is 1. The quantitative estimate of drug-likeness (QED) is 0.564. The summed E-state index contributed by atoms with van der Waals surface area (Å²) in [5.41, 5.74) is 3.80. The summed E-state index contributed by atoms with van der Waals surface area (Å²) in [4.78, 5) is 11.4. The van der Waals surface area contributed by atoms with Crippen LogP contribution in [0.3, 0.4) is 0 Å². The van der Waals surface area contributed by atoms with E-state index < -0.39 is 0 Å². The van der Waals surface area contributed by atoms with Crippen molar-refractivity contribution < 1.29 is 13.9 Å². The van der Waals surface area contributed by atoms with Gasteiger partial charge in [0.25, 0.3) is 0 Å². The fraction of sp³-hybridized carbons (Fsp3) is 0.471. The Morgan fingerprint density at radius 1 is 1.15 bits per heavy atom. The Morgan fingerprint density at radius 3 is 2.25 bits per heavy atom. The third-order valence-electron chi connectivity index (χ3n) is 3.70. The molecule has 0 spiro atoms. The highest BCUT2D eigenvalue weighted by Crippen LogP contribution is 2.41. The summed E-state index contributed by atoms with van der Waals surface area (Å²) in [6, 6.07) is 2.00. The van der Waals surface area contributed by atoms with Gasteiger partial charge in [-0.2, -0.15) is 0 Å². The minimum atomic E-state index is -0.296. The van der Waals surface area contributed by atoms with Crippen molar-refractivity contribution >= 4 is 16.9 Å². The normalized spacial score (nSPS) is 11.9. The first-order valence-corrected chi connectivity index (χ1v) is 6.85. The van der Waals surface area contributed by atoms with Crippen LogP contribution >= 0.6 is 0 Å². The minimum Gasteiger partial charge on any atom is -0.461 e. The molecule has 2 aromatic rings. The Labute approximate surface area is 119 Å². The van der Waals surface area contributed by atoms with Gasteiger partial charge in [-0.1, -0.05) is 20.8 Å². The van der Waals surface area contributed by atoms with E-state index in [0.717, 1.165) is 33.4 Å². The van der Waals surface area contributed by atoms with E-state index in [1.54, 1.807) is 0 Å². The molecule has 0 saturated heterocycles. The zero-order valence-corrected chi connectivity index (χ0v) is 13.3. The monoisotopic (exact) mass is 274 g/mol. The zero-order valence-electron chi connectivity index (χ0n) is 13.3. The van der Waals surface area contributed by atoms with Crippen LogP contribution < -0.4 is 4.74 Å². The van der Waals surface area contributed by atoms with Crippen molar-refractivity contribution in [3.63, 3.8) is 0 Å². The fourth-order valence-electron chi connectivity index (χ4n) is 2.57. The molecule has 3 heteroatoms. The van der Waals surface area contributed by atoms with Gasteiger partial charge in [0.05, 0.1) is 0 Å². The van der Waals surface area contributed by atoms with Gasteiger partial charge in [-0.25, -0.2) is 0 Å². The first-order valence-electron chi connectivity index (χ1n) is 6.85. The standard InChI is InChI=1S/C17H22O3/c1-9-11(3)19-14-8-13(17(5,6)7)16(20-12(4)18)10(2)15(9)14/h8H,1-7H3. The van der Waals surface area contributed by atoms with Crippen molar-refractivity contribution in [1.29, 1.82) is 0 Å². The van der Waals surface area contributed by atoms with Crippen molar-refractivity contribution in [2.75, 3.05) is 0 Å². The minimum absolute atomic E-state index is 0.127. The van der Waals surface area contributed by atoms with Gasteiger partial charge in [-0.05, 0) is 37.8 Å². The van der Waals surface area contributed by atoms with Gasteiger partial charge in [0.2, 0.25) is 0 Å². The second kappa shape index (κ2) is 4.65. The Bertz CT molecular complexity index is 685. The largest absolute Gasteiger partial charge is 0.461 e. The molecule has 1 aromatic carbocycles. The molecule has 1 aromatic heterocycles. The molecular formula is C17H22O3. The molecule has 3 nitrogen and oxygen atoms in total. The van der Waals surface area contributed by atoms with Crippen LogP contribution in [0.4, 0.5) is 0 Å². The second-order valence-electron chi connectivity index (χ2n) is 6.38. The van der Waals surface area contributed by atoms with Gasteiger partial charge in [0.15, 0.2) is 0 Å². The lowest BCUT2D eigenvalue weighted by Crippen LogP contribution is -2.16. The van der Waals surface area contributed by atoms with Crippen molar-refractivity contribution in [3.05, 3.63) is 28.5 Å². The van der Waals surface area contributed by atoms with Gasteiger partial charge in [0, 0.05) is 23.4 Å². The number of fused-ring (bicyclic) bond motifs is 1. The third kappa shape index (κ3) is 2.33. The molecule has 0 radical (unpaired) electrons. The van der Waals surface area contributed by atoms with Crippen LogP contribution in [0.15, 0.2) is 10.5 Å². The lowest BCUT2D eigenvalue weighted by molar-refractivity contribution is -0.132. The molecule has 0 fully saturated rings. The Morgan fingerprint density at radius 2 is 1.75 bits per heavy atom. The molecule has 0 bridgehead atoms. The number of ether oxygens (including phenoxy) is 1. The summed E-state index contributed by atoms with van der Waals surface area (Å²) < 4.78 is 11.3. The predicted octanol–water partition coefficient (Wildman–Crippen LogP) is 4.58. The van der Waals surface area contributed by atoms with Crippen LogP contribution in [0.5, 0.6) is 5.75 Å². The fourth-order valence-corrected chi connectivity index (χ4v) is 2.57. The van der Waals surface area contributed by atoms with E-state index in [9.17, 15) is 4.79 Å². The summed E-state index contributed by atoms with van der Waals surface area (Å²) in [6.07, 6.45) is 0. The number of hydrogen-bond acceptors (Lipinski definition) is 3. The highest BCUT2D eigenvalue weighted by molar-refractivity contribution is 5.90. The summed E-state index contributed by atoms with van der Waals surface area (Å²) in [6.45, 7) is 13.7. The van der Waals surface area contributed by atoms with Crippen molar-refractivity contribution in [2.45, 2.75) is 53.9 Å². The van der Waals surface area contributed by atoms with Gasteiger partial charge in [-0.15, -0.1) is 0 Å². The van der Waals surface area contributed by atoms with Gasteiger partial charge >= 0.3 is 5.97 Å². The van der Waals surface area contributed by atoms with Gasteiger partial charge in [0.1, 0.15) is 17.1 Å². The predicted molar refractivity (Wildman–Crippen MR) is 80.4 cm³/mol. The topological polar surface area (TPSA) is 39.4 Å². The Kier molecular flexibility index (Phi) is 3.41. The molecule has 0 saturated carbocycles. The number of hydrogen-bond donors (Lipinski definition) is 0. The smallest absolute Gasteiger partial charge is 0.308 e. The van der Waals surface area contributed by atoms with E-state index in [4.69, 9.17) is 9.15 Å². The highest BCUT2D eigenvalue weighted by atomic mass is 16.5. The van der Waals surface area contributed by atoms with E-state index in [2.05, 4.69) is 20.8 Å². The van der Waals surface area contributed by atoms with Crippen LogP contribution in [-0.2, 0) is 10.2 Å². The summed E-state index contributed by atoms with van der Waals surface area (Å²) >= 11 is 0. The molecule has 0 N–H and O–H groups in total. The first-order chi connectivity index (χ1) is 9.12.